The molecule has 1 aromatic rings. The SMILES string of the molecule is O=[N+]([O-])c1nccn1C1OC[C@@H](I)[C@H](O)[C@@H]1O. The lowest BCUT2D eigenvalue weighted by Gasteiger charge is -2.33. The van der Waals surface area contributed by atoms with E-state index in [9.17, 15) is 20.3 Å². The maximum absolute atomic E-state index is 10.7. The summed E-state index contributed by atoms with van der Waals surface area (Å²) < 4.78 is 6.17. The summed E-state index contributed by atoms with van der Waals surface area (Å²) >= 11 is 1.95. The van der Waals surface area contributed by atoms with Crippen LogP contribution in [0.1, 0.15) is 6.23 Å². The van der Waals surface area contributed by atoms with Crippen LogP contribution in [0.25, 0.3) is 0 Å². The van der Waals surface area contributed by atoms with Gasteiger partial charge in [0.15, 0.2) is 0 Å². The van der Waals surface area contributed by atoms with Gasteiger partial charge in [-0.3, -0.25) is 0 Å². The van der Waals surface area contributed by atoms with Crippen LogP contribution in [0.4, 0.5) is 5.95 Å². The summed E-state index contributed by atoms with van der Waals surface area (Å²) in [5.74, 6) is -0.423. The first kappa shape index (κ1) is 12.7. The Labute approximate surface area is 110 Å². The van der Waals surface area contributed by atoms with Crippen LogP contribution in [0.5, 0.6) is 0 Å². The quantitative estimate of drug-likeness (QED) is 0.330. The van der Waals surface area contributed by atoms with Gasteiger partial charge in [0.2, 0.25) is 6.23 Å². The highest BCUT2D eigenvalue weighted by Crippen LogP contribution is 2.30. The van der Waals surface area contributed by atoms with Crippen molar-refractivity contribution in [3.63, 3.8) is 0 Å². The number of aliphatic hydroxyl groups excluding tert-OH is 2. The van der Waals surface area contributed by atoms with Gasteiger partial charge in [0.1, 0.15) is 18.5 Å². The van der Waals surface area contributed by atoms with E-state index in [1.165, 1.54) is 12.4 Å². The van der Waals surface area contributed by atoms with Crippen molar-refractivity contribution in [1.82, 2.24) is 9.55 Å². The van der Waals surface area contributed by atoms with Gasteiger partial charge in [0.25, 0.3) is 0 Å². The molecule has 0 amide bonds. The monoisotopic (exact) mass is 355 g/mol. The molecule has 1 aliphatic heterocycles. The third-order valence-electron chi connectivity index (χ3n) is 2.52. The number of nitrogens with zero attached hydrogens (tertiary/aromatic N) is 3. The van der Waals surface area contributed by atoms with Crippen molar-refractivity contribution in [2.75, 3.05) is 6.61 Å². The molecule has 4 atom stereocenters. The number of hydrogen-bond donors (Lipinski definition) is 2. The molecule has 0 aromatic carbocycles. The van der Waals surface area contributed by atoms with Crippen molar-refractivity contribution in [1.29, 1.82) is 0 Å². The highest BCUT2D eigenvalue weighted by atomic mass is 127. The summed E-state index contributed by atoms with van der Waals surface area (Å²) in [5, 5.41) is 30.2. The standard InChI is InChI=1S/C8H10IN3O5/c9-4-3-17-7(6(14)5(4)13)11-2-1-10-8(11)12(15)16/h1-2,4-7,13-14H,3H2/t4-,5+,6+,7?/m1/s1. The van der Waals surface area contributed by atoms with Gasteiger partial charge in [-0.25, -0.2) is 0 Å². The second-order valence-electron chi connectivity index (χ2n) is 3.61. The predicted octanol–water partition coefficient (Wildman–Crippen LogP) is -0.155. The largest absolute Gasteiger partial charge is 0.436 e. The number of ether oxygens (including phenoxy) is 1. The van der Waals surface area contributed by atoms with Crippen LogP contribution in [0, 0.1) is 10.1 Å². The molecule has 17 heavy (non-hydrogen) atoms. The molecule has 94 valence electrons. The molecule has 1 aromatic heterocycles. The zero-order valence-corrected chi connectivity index (χ0v) is 10.7. The molecule has 0 aliphatic carbocycles. The lowest BCUT2D eigenvalue weighted by Crippen LogP contribution is -2.48. The van der Waals surface area contributed by atoms with E-state index >= 15 is 0 Å². The van der Waals surface area contributed by atoms with Crippen molar-refractivity contribution < 1.29 is 19.9 Å². The topological polar surface area (TPSA) is 111 Å². The molecule has 0 saturated carbocycles. The molecule has 1 unspecified atom stereocenters. The molecule has 9 heteroatoms. The summed E-state index contributed by atoms with van der Waals surface area (Å²) in [5.41, 5.74) is 0. The number of aromatic nitrogens is 2. The van der Waals surface area contributed by atoms with Gasteiger partial charge >= 0.3 is 5.95 Å². The van der Waals surface area contributed by atoms with Crippen LogP contribution in [0.2, 0.25) is 0 Å². The Morgan fingerprint density at radius 2 is 2.29 bits per heavy atom. The molecule has 2 N–H and O–H groups in total. The van der Waals surface area contributed by atoms with E-state index in [1.807, 2.05) is 22.6 Å². The number of nitro groups is 1. The van der Waals surface area contributed by atoms with Gasteiger partial charge in [-0.15, -0.1) is 0 Å². The number of alkyl halides is 1. The van der Waals surface area contributed by atoms with Crippen LogP contribution in [-0.2, 0) is 4.74 Å². The van der Waals surface area contributed by atoms with E-state index < -0.39 is 29.3 Å². The smallest absolute Gasteiger partial charge is 0.390 e. The fraction of sp³-hybridized carbons (Fsp3) is 0.625. The molecule has 1 saturated heterocycles. The third-order valence-corrected chi connectivity index (χ3v) is 3.62. The number of rotatable bonds is 2. The van der Waals surface area contributed by atoms with Crippen molar-refractivity contribution in [2.24, 2.45) is 0 Å². The second kappa shape index (κ2) is 4.84. The summed E-state index contributed by atoms with van der Waals surface area (Å²) in [4.78, 5) is 13.6. The molecule has 8 nitrogen and oxygen atoms in total. The van der Waals surface area contributed by atoms with Gasteiger partial charge in [-0.2, -0.15) is 4.57 Å². The Morgan fingerprint density at radius 1 is 1.59 bits per heavy atom. The number of imidazole rings is 1. The average Bonchev–Trinajstić information content (AvgIpc) is 2.75. The molecule has 1 fully saturated rings. The maximum Gasteiger partial charge on any atom is 0.436 e. The first-order chi connectivity index (χ1) is 8.02. The minimum Gasteiger partial charge on any atom is -0.390 e. The van der Waals surface area contributed by atoms with E-state index in [0.29, 0.717) is 0 Å². The van der Waals surface area contributed by atoms with Crippen LogP contribution < -0.4 is 0 Å². The predicted molar refractivity (Wildman–Crippen MR) is 63.7 cm³/mol. The summed E-state index contributed by atoms with van der Waals surface area (Å²) in [7, 11) is 0. The van der Waals surface area contributed by atoms with Gasteiger partial charge < -0.3 is 25.1 Å². The fourth-order valence-electron chi connectivity index (χ4n) is 1.66. The van der Waals surface area contributed by atoms with Gasteiger partial charge in [-0.05, 0) is 4.92 Å². The van der Waals surface area contributed by atoms with Crippen LogP contribution in [0.15, 0.2) is 12.4 Å². The minimum absolute atomic E-state index is 0.207. The molecule has 0 spiro atoms. The highest BCUT2D eigenvalue weighted by Gasteiger charge is 2.41. The minimum atomic E-state index is -1.22. The molecular weight excluding hydrogens is 345 g/mol. The summed E-state index contributed by atoms with van der Waals surface area (Å²) in [6.45, 7) is 0.207. The van der Waals surface area contributed by atoms with E-state index in [0.717, 1.165) is 4.57 Å². The van der Waals surface area contributed by atoms with E-state index in [1.54, 1.807) is 0 Å². The normalized spacial score (nSPS) is 33.6. The first-order valence-corrected chi connectivity index (χ1v) is 6.06. The van der Waals surface area contributed by atoms with Crippen molar-refractivity contribution in [3.05, 3.63) is 22.5 Å². The van der Waals surface area contributed by atoms with E-state index in [-0.39, 0.29) is 10.5 Å². The summed E-state index contributed by atoms with van der Waals surface area (Å²) in [6, 6.07) is 0. The van der Waals surface area contributed by atoms with Crippen LogP contribution in [-0.4, -0.2) is 47.4 Å². The zero-order chi connectivity index (χ0) is 12.6. The molecule has 2 rings (SSSR count). The lowest BCUT2D eigenvalue weighted by molar-refractivity contribution is -0.399. The Kier molecular flexibility index (Phi) is 3.61. The van der Waals surface area contributed by atoms with Crippen LogP contribution in [0.3, 0.4) is 0 Å². The average molecular weight is 355 g/mol. The number of hydrogen-bond acceptors (Lipinski definition) is 6. The van der Waals surface area contributed by atoms with E-state index in [2.05, 4.69) is 4.98 Å². The Bertz CT molecular complexity index is 425. The fourth-order valence-corrected chi connectivity index (χ4v) is 2.29. The number of halogens is 1. The molecular formula is C8H10IN3O5. The van der Waals surface area contributed by atoms with Gasteiger partial charge in [0, 0.05) is 0 Å². The van der Waals surface area contributed by atoms with Crippen molar-refractivity contribution >= 4 is 28.5 Å². The van der Waals surface area contributed by atoms with E-state index in [4.69, 9.17) is 4.74 Å². The van der Waals surface area contributed by atoms with Gasteiger partial charge in [-0.1, -0.05) is 27.6 Å². The molecule has 0 radical (unpaired) electrons. The van der Waals surface area contributed by atoms with Crippen molar-refractivity contribution in [3.8, 4) is 0 Å². The molecule has 1 aliphatic rings. The Hall–Kier alpha value is -0.780. The second-order valence-corrected chi connectivity index (χ2v) is 5.21. The summed E-state index contributed by atoms with van der Waals surface area (Å²) in [6.07, 6.45) is -0.614. The number of aliphatic hydroxyl groups is 2. The highest BCUT2D eigenvalue weighted by molar-refractivity contribution is 14.1. The zero-order valence-electron chi connectivity index (χ0n) is 8.51. The van der Waals surface area contributed by atoms with Crippen molar-refractivity contribution in [2.45, 2.75) is 22.4 Å². The maximum atomic E-state index is 10.7. The molecule has 0 bridgehead atoms. The third kappa shape index (κ3) is 2.27. The Balaban J connectivity index is 2.28. The van der Waals surface area contributed by atoms with Gasteiger partial charge in [0.05, 0.1) is 16.6 Å². The Morgan fingerprint density at radius 3 is 2.94 bits per heavy atom. The first-order valence-electron chi connectivity index (χ1n) is 4.81. The lowest BCUT2D eigenvalue weighted by atomic mass is 10.1. The molecule has 2 heterocycles. The van der Waals surface area contributed by atoms with Crippen LogP contribution >= 0.6 is 22.6 Å².